The summed E-state index contributed by atoms with van der Waals surface area (Å²) in [4.78, 5) is 16.5. The monoisotopic (exact) mass is 257 g/mol. The number of carbonyl (C=O) groups excluding carboxylic acids is 1. The maximum absolute atomic E-state index is 12.2. The fraction of sp³-hybridized carbons (Fsp3) is 0.333. The van der Waals surface area contributed by atoms with Crippen LogP contribution in [0.2, 0.25) is 0 Å². The zero-order chi connectivity index (χ0) is 14.0. The number of nitrogens with zero attached hydrogens (tertiary/aromatic N) is 1. The van der Waals surface area contributed by atoms with Crippen molar-refractivity contribution in [2.45, 2.75) is 27.2 Å². The van der Waals surface area contributed by atoms with Crippen LogP contribution in [0.1, 0.15) is 27.2 Å². The van der Waals surface area contributed by atoms with Crippen LogP contribution in [0.5, 0.6) is 0 Å². The Bertz CT molecular complexity index is 620. The number of nitrogens with two attached hydrogens (primary N) is 1. The molecule has 0 saturated carbocycles. The van der Waals surface area contributed by atoms with E-state index in [0.717, 1.165) is 23.0 Å². The largest absolute Gasteiger partial charge is 0.397 e. The van der Waals surface area contributed by atoms with Crippen LogP contribution in [0.3, 0.4) is 0 Å². The third-order valence-corrected chi connectivity index (χ3v) is 3.55. The van der Waals surface area contributed by atoms with Gasteiger partial charge in [0, 0.05) is 17.0 Å². The highest BCUT2D eigenvalue weighted by atomic mass is 16.2. The van der Waals surface area contributed by atoms with Gasteiger partial charge in [0.05, 0.1) is 16.9 Å². The zero-order valence-electron chi connectivity index (χ0n) is 11.5. The summed E-state index contributed by atoms with van der Waals surface area (Å²) in [5, 5.41) is 3.83. The van der Waals surface area contributed by atoms with Gasteiger partial charge < -0.3 is 11.1 Å². The molecular weight excluding hydrogens is 238 g/mol. The maximum Gasteiger partial charge on any atom is 0.230 e. The number of benzene rings is 1. The van der Waals surface area contributed by atoms with Gasteiger partial charge in [-0.05, 0) is 30.7 Å². The summed E-state index contributed by atoms with van der Waals surface area (Å²) in [7, 11) is 0. The first kappa shape index (κ1) is 13.3. The van der Waals surface area contributed by atoms with Crippen molar-refractivity contribution in [3.05, 3.63) is 30.5 Å². The van der Waals surface area contributed by atoms with E-state index >= 15 is 0 Å². The Hall–Kier alpha value is -2.10. The number of hydrogen-bond donors (Lipinski definition) is 2. The van der Waals surface area contributed by atoms with Gasteiger partial charge in [0.15, 0.2) is 0 Å². The molecule has 0 atom stereocenters. The Morgan fingerprint density at radius 3 is 2.79 bits per heavy atom. The first-order chi connectivity index (χ1) is 8.95. The molecule has 0 aliphatic carbocycles. The molecule has 100 valence electrons. The van der Waals surface area contributed by atoms with E-state index in [1.165, 1.54) is 0 Å². The van der Waals surface area contributed by atoms with E-state index in [-0.39, 0.29) is 5.91 Å². The molecule has 0 aliphatic rings. The molecule has 2 aromatic rings. The molecule has 3 N–H and O–H groups in total. The van der Waals surface area contributed by atoms with Gasteiger partial charge >= 0.3 is 0 Å². The summed E-state index contributed by atoms with van der Waals surface area (Å²) < 4.78 is 0. The van der Waals surface area contributed by atoms with Crippen LogP contribution in [-0.4, -0.2) is 10.9 Å². The predicted molar refractivity (Wildman–Crippen MR) is 78.9 cm³/mol. The first-order valence-electron chi connectivity index (χ1n) is 6.40. The first-order valence-corrected chi connectivity index (χ1v) is 6.40. The number of nitrogens with one attached hydrogen (secondary N) is 1. The second kappa shape index (κ2) is 4.88. The standard InChI is InChI=1S/C15H19N3O/c1-4-15(2,3)14(19)18-12-8-7-11(16)13-10(12)6-5-9-17-13/h5-9H,4,16H2,1-3H3,(H,18,19). The Labute approximate surface area is 113 Å². The normalized spacial score (nSPS) is 11.5. The number of amides is 1. The number of aromatic nitrogens is 1. The molecule has 1 amide bonds. The quantitative estimate of drug-likeness (QED) is 0.830. The maximum atomic E-state index is 12.2. The van der Waals surface area contributed by atoms with Crippen molar-refractivity contribution in [2.24, 2.45) is 5.41 Å². The highest BCUT2D eigenvalue weighted by Crippen LogP contribution is 2.29. The molecule has 4 nitrogen and oxygen atoms in total. The Morgan fingerprint density at radius 1 is 1.37 bits per heavy atom. The molecule has 1 aromatic heterocycles. The number of fused-ring (bicyclic) bond motifs is 1. The van der Waals surface area contributed by atoms with Crippen LogP contribution in [0.25, 0.3) is 10.9 Å². The van der Waals surface area contributed by atoms with Gasteiger partial charge in [-0.15, -0.1) is 0 Å². The number of carbonyl (C=O) groups is 1. The number of hydrogen-bond acceptors (Lipinski definition) is 3. The van der Waals surface area contributed by atoms with Gasteiger partial charge in [0.2, 0.25) is 5.91 Å². The number of rotatable bonds is 3. The van der Waals surface area contributed by atoms with Crippen LogP contribution < -0.4 is 11.1 Å². The van der Waals surface area contributed by atoms with Crippen LogP contribution in [0.15, 0.2) is 30.5 Å². The van der Waals surface area contributed by atoms with Crippen molar-refractivity contribution >= 4 is 28.2 Å². The molecule has 0 fully saturated rings. The molecule has 0 radical (unpaired) electrons. The van der Waals surface area contributed by atoms with E-state index in [2.05, 4.69) is 10.3 Å². The van der Waals surface area contributed by atoms with Crippen molar-refractivity contribution in [1.82, 2.24) is 4.98 Å². The summed E-state index contributed by atoms with van der Waals surface area (Å²) in [6.45, 7) is 5.86. The summed E-state index contributed by atoms with van der Waals surface area (Å²) in [5.74, 6) is 0.00456. The average molecular weight is 257 g/mol. The van der Waals surface area contributed by atoms with Crippen molar-refractivity contribution < 1.29 is 4.79 Å². The molecule has 0 aliphatic heterocycles. The SMILES string of the molecule is CCC(C)(C)C(=O)Nc1ccc(N)c2ncccc12. The van der Waals surface area contributed by atoms with Crippen LogP contribution >= 0.6 is 0 Å². The Balaban J connectivity index is 2.42. The fourth-order valence-corrected chi connectivity index (χ4v) is 1.76. The molecule has 4 heteroatoms. The summed E-state index contributed by atoms with van der Waals surface area (Å²) >= 11 is 0. The minimum absolute atomic E-state index is 0.00456. The van der Waals surface area contributed by atoms with Gasteiger partial charge in [0.1, 0.15) is 0 Å². The van der Waals surface area contributed by atoms with Crippen molar-refractivity contribution in [2.75, 3.05) is 11.1 Å². The van der Waals surface area contributed by atoms with E-state index in [9.17, 15) is 4.79 Å². The minimum atomic E-state index is -0.393. The van der Waals surface area contributed by atoms with E-state index in [0.29, 0.717) is 5.69 Å². The molecule has 19 heavy (non-hydrogen) atoms. The van der Waals surface area contributed by atoms with Crippen molar-refractivity contribution in [1.29, 1.82) is 0 Å². The van der Waals surface area contributed by atoms with E-state index in [4.69, 9.17) is 5.73 Å². The summed E-state index contributed by atoms with van der Waals surface area (Å²) in [6.07, 6.45) is 2.48. The highest BCUT2D eigenvalue weighted by Gasteiger charge is 2.25. The number of nitrogen functional groups attached to an aromatic ring is 1. The van der Waals surface area contributed by atoms with Gasteiger partial charge in [-0.25, -0.2) is 0 Å². The second-order valence-electron chi connectivity index (χ2n) is 5.29. The van der Waals surface area contributed by atoms with Gasteiger partial charge in [0.25, 0.3) is 0 Å². The molecule has 0 unspecified atom stereocenters. The molecule has 2 rings (SSSR count). The Kier molecular flexibility index (Phi) is 3.42. The van der Waals surface area contributed by atoms with E-state index in [1.807, 2.05) is 39.0 Å². The molecule has 1 heterocycles. The van der Waals surface area contributed by atoms with E-state index in [1.54, 1.807) is 12.3 Å². The zero-order valence-corrected chi connectivity index (χ0v) is 11.5. The second-order valence-corrected chi connectivity index (χ2v) is 5.29. The van der Waals surface area contributed by atoms with Crippen LogP contribution in [0.4, 0.5) is 11.4 Å². The van der Waals surface area contributed by atoms with E-state index < -0.39 is 5.41 Å². The lowest BCUT2D eigenvalue weighted by Crippen LogP contribution is -2.30. The molecular formula is C15H19N3O. The Morgan fingerprint density at radius 2 is 2.11 bits per heavy atom. The molecule has 0 saturated heterocycles. The molecule has 1 aromatic carbocycles. The lowest BCUT2D eigenvalue weighted by molar-refractivity contribution is -0.124. The lowest BCUT2D eigenvalue weighted by atomic mass is 9.89. The van der Waals surface area contributed by atoms with Gasteiger partial charge in [-0.3, -0.25) is 9.78 Å². The smallest absolute Gasteiger partial charge is 0.230 e. The third kappa shape index (κ3) is 2.52. The summed E-state index contributed by atoms with van der Waals surface area (Å²) in [6, 6.07) is 7.34. The van der Waals surface area contributed by atoms with Crippen molar-refractivity contribution in [3.63, 3.8) is 0 Å². The highest BCUT2D eigenvalue weighted by molar-refractivity contribution is 6.05. The fourth-order valence-electron chi connectivity index (χ4n) is 1.76. The predicted octanol–water partition coefficient (Wildman–Crippen LogP) is 3.19. The van der Waals surface area contributed by atoms with Gasteiger partial charge in [-0.2, -0.15) is 0 Å². The number of anilines is 2. The minimum Gasteiger partial charge on any atom is -0.397 e. The number of pyridine rings is 1. The summed E-state index contributed by atoms with van der Waals surface area (Å²) in [5.41, 5.74) is 7.58. The average Bonchev–Trinajstić information content (AvgIpc) is 2.42. The topological polar surface area (TPSA) is 68.0 Å². The molecule has 0 spiro atoms. The van der Waals surface area contributed by atoms with Crippen LogP contribution in [-0.2, 0) is 4.79 Å². The lowest BCUT2D eigenvalue weighted by Gasteiger charge is -2.22. The molecule has 0 bridgehead atoms. The van der Waals surface area contributed by atoms with Crippen molar-refractivity contribution in [3.8, 4) is 0 Å². The van der Waals surface area contributed by atoms with Crippen LogP contribution in [0, 0.1) is 5.41 Å². The third-order valence-electron chi connectivity index (χ3n) is 3.55. The van der Waals surface area contributed by atoms with Gasteiger partial charge in [-0.1, -0.05) is 20.8 Å².